The zero-order valence-electron chi connectivity index (χ0n) is 21.9. The van der Waals surface area contributed by atoms with Gasteiger partial charge in [0.05, 0.1) is 0 Å². The third-order valence-electron chi connectivity index (χ3n) is 12.4. The topological polar surface area (TPSA) is 0 Å². The summed E-state index contributed by atoms with van der Waals surface area (Å²) in [6.45, 7) is 20.9. The van der Waals surface area contributed by atoms with Crippen LogP contribution in [0.2, 0.25) is 0 Å². The molecule has 4 aliphatic rings. The minimum absolute atomic E-state index is 0.572. The van der Waals surface area contributed by atoms with Crippen LogP contribution in [0.3, 0.4) is 0 Å². The Bertz CT molecular complexity index is 616. The van der Waals surface area contributed by atoms with Crippen molar-refractivity contribution >= 4 is 0 Å². The van der Waals surface area contributed by atoms with Gasteiger partial charge in [0.1, 0.15) is 0 Å². The van der Waals surface area contributed by atoms with Gasteiger partial charge in [0.25, 0.3) is 0 Å². The molecule has 0 bridgehead atoms. The molecule has 0 spiro atoms. The second-order valence-electron chi connectivity index (χ2n) is 14.5. The van der Waals surface area contributed by atoms with Crippen LogP contribution in [0.5, 0.6) is 0 Å². The average molecular weight is 415 g/mol. The van der Waals surface area contributed by atoms with E-state index in [1.54, 1.807) is 0 Å². The van der Waals surface area contributed by atoms with E-state index in [4.69, 9.17) is 0 Å². The first-order chi connectivity index (χ1) is 14.0. The Morgan fingerprint density at radius 2 is 1.40 bits per heavy atom. The van der Waals surface area contributed by atoms with Crippen LogP contribution in [0, 0.1) is 57.2 Å². The molecule has 4 rings (SSSR count). The SMILES string of the molecule is CC(C)CCC[C@@H](C)[C@H]1CC[C@@]2(C)C3CC[C@H]4C(C)(C)CCC[C@]4(C)C3CC[C@]12C. The van der Waals surface area contributed by atoms with Gasteiger partial charge in [-0.2, -0.15) is 0 Å². The van der Waals surface area contributed by atoms with Gasteiger partial charge >= 0.3 is 0 Å². The van der Waals surface area contributed by atoms with Crippen molar-refractivity contribution in [2.75, 3.05) is 0 Å². The second kappa shape index (κ2) is 7.80. The lowest BCUT2D eigenvalue weighted by Crippen LogP contribution is -2.59. The second-order valence-corrected chi connectivity index (χ2v) is 14.5. The fourth-order valence-electron chi connectivity index (χ4n) is 10.6. The van der Waals surface area contributed by atoms with Crippen LogP contribution in [-0.4, -0.2) is 0 Å². The standard InChI is InChI=1S/C30H54/c1-21(2)11-9-12-22(3)23-15-19-30(8)25-13-14-26-27(4,5)17-10-18-28(26,6)24(25)16-20-29(23,30)7/h21-26H,9-20H2,1-8H3/t22-,23-,24?,25?,26+,28-,29-,30+/m1/s1. The van der Waals surface area contributed by atoms with E-state index >= 15 is 0 Å². The summed E-state index contributed by atoms with van der Waals surface area (Å²) in [5.74, 6) is 5.74. The summed E-state index contributed by atoms with van der Waals surface area (Å²) in [5, 5.41) is 0. The van der Waals surface area contributed by atoms with E-state index in [2.05, 4.69) is 55.4 Å². The average Bonchev–Trinajstić information content (AvgIpc) is 2.92. The third-order valence-corrected chi connectivity index (χ3v) is 12.4. The van der Waals surface area contributed by atoms with E-state index < -0.39 is 0 Å². The molecule has 0 heterocycles. The summed E-state index contributed by atoms with van der Waals surface area (Å²) in [4.78, 5) is 0. The van der Waals surface area contributed by atoms with E-state index in [9.17, 15) is 0 Å². The molecule has 0 N–H and O–H groups in total. The maximum atomic E-state index is 2.78. The van der Waals surface area contributed by atoms with Crippen molar-refractivity contribution in [3.63, 3.8) is 0 Å². The first-order valence-electron chi connectivity index (χ1n) is 14.0. The zero-order valence-corrected chi connectivity index (χ0v) is 21.9. The Kier molecular flexibility index (Phi) is 6.02. The molecule has 4 aliphatic carbocycles. The van der Waals surface area contributed by atoms with Gasteiger partial charge in [0.15, 0.2) is 0 Å². The summed E-state index contributed by atoms with van der Waals surface area (Å²) in [7, 11) is 0. The quantitative estimate of drug-likeness (QED) is 0.420. The molecule has 0 aliphatic heterocycles. The fourth-order valence-corrected chi connectivity index (χ4v) is 10.6. The van der Waals surface area contributed by atoms with Gasteiger partial charge in [0, 0.05) is 0 Å². The number of hydrogen-bond acceptors (Lipinski definition) is 0. The van der Waals surface area contributed by atoms with Gasteiger partial charge < -0.3 is 0 Å². The molecule has 0 nitrogen and oxygen atoms in total. The summed E-state index contributed by atoms with van der Waals surface area (Å²) < 4.78 is 0. The summed E-state index contributed by atoms with van der Waals surface area (Å²) in [6.07, 6.45) is 18.0. The molecule has 2 unspecified atom stereocenters. The highest BCUT2D eigenvalue weighted by molar-refractivity contribution is 5.15. The highest BCUT2D eigenvalue weighted by atomic mass is 14.7. The van der Waals surface area contributed by atoms with Crippen molar-refractivity contribution in [3.8, 4) is 0 Å². The van der Waals surface area contributed by atoms with Gasteiger partial charge in [0.2, 0.25) is 0 Å². The van der Waals surface area contributed by atoms with E-state index in [-0.39, 0.29) is 0 Å². The minimum atomic E-state index is 0.572. The van der Waals surface area contributed by atoms with Crippen LogP contribution in [0.15, 0.2) is 0 Å². The smallest absolute Gasteiger partial charge is 0.0238 e. The molecule has 4 fully saturated rings. The van der Waals surface area contributed by atoms with Crippen LogP contribution in [0.4, 0.5) is 0 Å². The maximum Gasteiger partial charge on any atom is -0.0238 e. The molecule has 174 valence electrons. The molecular weight excluding hydrogens is 360 g/mol. The lowest BCUT2D eigenvalue weighted by Gasteiger charge is -2.67. The van der Waals surface area contributed by atoms with Gasteiger partial charge in [-0.25, -0.2) is 0 Å². The van der Waals surface area contributed by atoms with E-state index in [0.717, 1.165) is 35.5 Å². The summed E-state index contributed by atoms with van der Waals surface area (Å²) in [6, 6.07) is 0. The minimum Gasteiger partial charge on any atom is -0.0628 e. The van der Waals surface area contributed by atoms with Crippen LogP contribution in [0.1, 0.15) is 132 Å². The number of fused-ring (bicyclic) bond motifs is 5. The zero-order chi connectivity index (χ0) is 21.9. The van der Waals surface area contributed by atoms with Crippen LogP contribution in [0.25, 0.3) is 0 Å². The van der Waals surface area contributed by atoms with Crippen LogP contribution < -0.4 is 0 Å². The van der Waals surface area contributed by atoms with E-state index in [0.29, 0.717) is 21.7 Å². The van der Waals surface area contributed by atoms with Crippen LogP contribution in [-0.2, 0) is 0 Å². The van der Waals surface area contributed by atoms with Crippen molar-refractivity contribution in [1.82, 2.24) is 0 Å². The van der Waals surface area contributed by atoms with Gasteiger partial charge in [-0.1, -0.05) is 81.1 Å². The Hall–Kier alpha value is 0. The van der Waals surface area contributed by atoms with Crippen molar-refractivity contribution in [1.29, 1.82) is 0 Å². The Balaban J connectivity index is 1.55. The molecule has 0 aromatic rings. The van der Waals surface area contributed by atoms with Crippen molar-refractivity contribution in [2.24, 2.45) is 57.2 Å². The monoisotopic (exact) mass is 414 g/mol. The molecule has 4 saturated carbocycles. The lowest BCUT2D eigenvalue weighted by molar-refractivity contribution is -0.179. The van der Waals surface area contributed by atoms with E-state index in [1.807, 2.05) is 0 Å². The Labute approximate surface area is 189 Å². The molecule has 0 aromatic carbocycles. The van der Waals surface area contributed by atoms with Crippen LogP contribution >= 0.6 is 0 Å². The highest BCUT2D eigenvalue weighted by Crippen LogP contribution is 2.74. The van der Waals surface area contributed by atoms with Crippen molar-refractivity contribution < 1.29 is 0 Å². The van der Waals surface area contributed by atoms with Crippen molar-refractivity contribution in [2.45, 2.75) is 132 Å². The Morgan fingerprint density at radius 1 is 0.700 bits per heavy atom. The predicted octanol–water partition coefficient (Wildman–Crippen LogP) is 9.52. The summed E-state index contributed by atoms with van der Waals surface area (Å²) >= 11 is 0. The summed E-state index contributed by atoms with van der Waals surface area (Å²) in [5.41, 5.74) is 2.39. The first-order valence-corrected chi connectivity index (χ1v) is 14.0. The third kappa shape index (κ3) is 3.36. The van der Waals surface area contributed by atoms with Crippen molar-refractivity contribution in [3.05, 3.63) is 0 Å². The molecule has 0 radical (unpaired) electrons. The van der Waals surface area contributed by atoms with Gasteiger partial charge in [-0.05, 0) is 109 Å². The lowest BCUT2D eigenvalue weighted by atomic mass is 9.38. The first kappa shape index (κ1) is 23.2. The molecule has 8 atom stereocenters. The predicted molar refractivity (Wildman–Crippen MR) is 131 cm³/mol. The van der Waals surface area contributed by atoms with E-state index in [1.165, 1.54) is 77.0 Å². The molecule has 0 heteroatoms. The molecular formula is C30H54. The number of rotatable bonds is 5. The van der Waals surface area contributed by atoms with Gasteiger partial charge in [-0.15, -0.1) is 0 Å². The largest absolute Gasteiger partial charge is 0.0628 e. The molecule has 0 aromatic heterocycles. The van der Waals surface area contributed by atoms with Gasteiger partial charge in [-0.3, -0.25) is 0 Å². The highest BCUT2D eigenvalue weighted by Gasteiger charge is 2.66. The molecule has 0 saturated heterocycles. The fraction of sp³-hybridized carbons (Fsp3) is 1.00. The normalized spacial score (nSPS) is 48.7. The Morgan fingerprint density at radius 3 is 2.10 bits per heavy atom. The number of hydrogen-bond donors (Lipinski definition) is 0. The molecule has 0 amide bonds. The maximum absolute atomic E-state index is 2.78. The molecule has 30 heavy (non-hydrogen) atoms.